The van der Waals surface area contributed by atoms with E-state index in [-0.39, 0.29) is 0 Å². The van der Waals surface area contributed by atoms with Crippen LogP contribution in [0.3, 0.4) is 0 Å². The molecule has 3 heterocycles. The van der Waals surface area contributed by atoms with Crippen LogP contribution in [-0.2, 0) is 13.0 Å². The summed E-state index contributed by atoms with van der Waals surface area (Å²) in [6, 6.07) is 2.37. The lowest BCUT2D eigenvalue weighted by molar-refractivity contribution is 0.137. The van der Waals surface area contributed by atoms with Crippen molar-refractivity contribution in [2.75, 3.05) is 18.9 Å². The molecule has 1 N–H and O–H groups in total. The predicted octanol–water partition coefficient (Wildman–Crippen LogP) is 2.99. The highest BCUT2D eigenvalue weighted by Gasteiger charge is 2.25. The molecular formula is C18H26N6. The lowest BCUT2D eigenvalue weighted by Gasteiger charge is -2.35. The maximum absolute atomic E-state index is 4.65. The largest absolute Gasteiger partial charge is 0.357 e. The Balaban J connectivity index is 1.74. The Labute approximate surface area is 143 Å². The molecule has 6 heteroatoms. The van der Waals surface area contributed by atoms with Crippen LogP contribution < -0.4 is 5.32 Å². The Hall–Kier alpha value is -2.08. The Morgan fingerprint density at radius 3 is 2.79 bits per heavy atom. The van der Waals surface area contributed by atoms with Gasteiger partial charge >= 0.3 is 0 Å². The number of hydrogen-bond acceptors (Lipinski definition) is 6. The Morgan fingerprint density at radius 2 is 2.04 bits per heavy atom. The smallest absolute Gasteiger partial charge is 0.222 e. The summed E-state index contributed by atoms with van der Waals surface area (Å²) in [5.74, 6) is 1.62. The van der Waals surface area contributed by atoms with Crippen LogP contribution in [0.1, 0.15) is 55.7 Å². The fourth-order valence-corrected chi connectivity index (χ4v) is 3.24. The van der Waals surface area contributed by atoms with E-state index in [1.54, 1.807) is 0 Å². The van der Waals surface area contributed by atoms with Crippen molar-refractivity contribution in [2.45, 2.75) is 51.6 Å². The van der Waals surface area contributed by atoms with Crippen LogP contribution in [0.4, 0.5) is 5.95 Å². The average molecular weight is 326 g/mol. The quantitative estimate of drug-likeness (QED) is 0.880. The maximum Gasteiger partial charge on any atom is 0.222 e. The fraction of sp³-hybridized carbons (Fsp3) is 0.556. The summed E-state index contributed by atoms with van der Waals surface area (Å²) in [6.07, 6.45) is 11.4. The number of likely N-dealkylation sites (tertiary alicyclic amines) is 1. The first-order chi connectivity index (χ1) is 11.8. The van der Waals surface area contributed by atoms with Crippen molar-refractivity contribution in [3.8, 4) is 0 Å². The minimum absolute atomic E-state index is 0.337. The summed E-state index contributed by atoms with van der Waals surface area (Å²) in [5, 5.41) is 3.03. The van der Waals surface area contributed by atoms with Gasteiger partial charge in [-0.15, -0.1) is 0 Å². The number of aromatic nitrogens is 4. The summed E-state index contributed by atoms with van der Waals surface area (Å²) in [4.78, 5) is 20.3. The normalized spacial score (nSPS) is 18.5. The summed E-state index contributed by atoms with van der Waals surface area (Å²) < 4.78 is 0. The first kappa shape index (κ1) is 16.8. The third kappa shape index (κ3) is 4.06. The van der Waals surface area contributed by atoms with Crippen LogP contribution >= 0.6 is 0 Å². The molecule has 2 aromatic heterocycles. The Kier molecular flexibility index (Phi) is 5.69. The molecule has 128 valence electrons. The van der Waals surface area contributed by atoms with Crippen LogP contribution in [-0.4, -0.2) is 38.4 Å². The Morgan fingerprint density at radius 1 is 1.21 bits per heavy atom. The van der Waals surface area contributed by atoms with Gasteiger partial charge in [0, 0.05) is 44.2 Å². The highest BCUT2D eigenvalue weighted by Crippen LogP contribution is 2.31. The van der Waals surface area contributed by atoms with E-state index in [1.165, 1.54) is 18.4 Å². The van der Waals surface area contributed by atoms with Gasteiger partial charge in [-0.2, -0.15) is 0 Å². The summed E-state index contributed by atoms with van der Waals surface area (Å²) >= 11 is 0. The average Bonchev–Trinajstić information content (AvgIpc) is 2.64. The van der Waals surface area contributed by atoms with E-state index < -0.39 is 0 Å². The van der Waals surface area contributed by atoms with Gasteiger partial charge in [-0.05, 0) is 31.9 Å². The van der Waals surface area contributed by atoms with Gasteiger partial charge in [0.2, 0.25) is 5.95 Å². The van der Waals surface area contributed by atoms with Gasteiger partial charge in [0.25, 0.3) is 0 Å². The van der Waals surface area contributed by atoms with Crippen molar-refractivity contribution in [3.05, 3.63) is 41.7 Å². The van der Waals surface area contributed by atoms with Crippen molar-refractivity contribution in [2.24, 2.45) is 0 Å². The maximum atomic E-state index is 4.65. The molecule has 1 atom stereocenters. The van der Waals surface area contributed by atoms with Crippen LogP contribution in [0.5, 0.6) is 0 Å². The molecule has 0 bridgehead atoms. The molecule has 1 saturated heterocycles. The van der Waals surface area contributed by atoms with Crippen molar-refractivity contribution in [1.82, 2.24) is 24.8 Å². The molecule has 2 aromatic rings. The zero-order chi connectivity index (χ0) is 16.8. The lowest BCUT2D eigenvalue weighted by Crippen LogP contribution is -2.33. The molecule has 0 radical (unpaired) electrons. The molecule has 1 fully saturated rings. The second-order valence-corrected chi connectivity index (χ2v) is 6.29. The zero-order valence-electron chi connectivity index (χ0n) is 14.6. The number of nitrogens with one attached hydrogen (secondary N) is 1. The summed E-state index contributed by atoms with van der Waals surface area (Å²) in [5.41, 5.74) is 2.27. The molecule has 0 aromatic carbocycles. The highest BCUT2D eigenvalue weighted by atomic mass is 15.2. The fourth-order valence-electron chi connectivity index (χ4n) is 3.24. The third-order valence-electron chi connectivity index (χ3n) is 4.47. The monoisotopic (exact) mass is 326 g/mol. The van der Waals surface area contributed by atoms with E-state index in [1.807, 2.05) is 31.7 Å². The molecular weight excluding hydrogens is 300 g/mol. The molecule has 0 amide bonds. The Bertz CT molecular complexity index is 642. The standard InChI is InChI=1S/C18H26N6/c1-3-6-17-21-11-14(12-22-17)13-24-10-5-4-7-16(24)15-8-9-20-18(19-2)23-15/h8-9,11-12,16H,3-7,10,13H2,1-2H3,(H,19,20,23). The SMILES string of the molecule is CCCc1ncc(CN2CCCCC2c2ccnc(NC)n2)cn1. The number of hydrogen-bond donors (Lipinski definition) is 1. The van der Waals surface area contributed by atoms with Crippen molar-refractivity contribution in [1.29, 1.82) is 0 Å². The zero-order valence-corrected chi connectivity index (χ0v) is 14.6. The third-order valence-corrected chi connectivity index (χ3v) is 4.47. The van der Waals surface area contributed by atoms with E-state index in [0.29, 0.717) is 12.0 Å². The van der Waals surface area contributed by atoms with Gasteiger partial charge in [-0.3, -0.25) is 4.90 Å². The van der Waals surface area contributed by atoms with Crippen LogP contribution in [0.25, 0.3) is 0 Å². The van der Waals surface area contributed by atoms with Gasteiger partial charge in [0.05, 0.1) is 11.7 Å². The number of piperidine rings is 1. The van der Waals surface area contributed by atoms with Crippen LogP contribution in [0, 0.1) is 0 Å². The number of anilines is 1. The molecule has 0 aliphatic carbocycles. The molecule has 0 saturated carbocycles. The van der Waals surface area contributed by atoms with Gasteiger partial charge in [0.15, 0.2) is 0 Å². The van der Waals surface area contributed by atoms with E-state index in [4.69, 9.17) is 0 Å². The van der Waals surface area contributed by atoms with E-state index >= 15 is 0 Å². The van der Waals surface area contributed by atoms with Crippen LogP contribution in [0.15, 0.2) is 24.7 Å². The van der Waals surface area contributed by atoms with E-state index in [9.17, 15) is 0 Å². The second kappa shape index (κ2) is 8.15. The lowest BCUT2D eigenvalue weighted by atomic mass is 9.98. The van der Waals surface area contributed by atoms with Crippen LogP contribution in [0.2, 0.25) is 0 Å². The van der Waals surface area contributed by atoms with Gasteiger partial charge in [-0.1, -0.05) is 13.3 Å². The molecule has 1 aliphatic rings. The molecule has 1 aliphatic heterocycles. The van der Waals surface area contributed by atoms with Gasteiger partial charge in [0.1, 0.15) is 5.82 Å². The van der Waals surface area contributed by atoms with Gasteiger partial charge in [-0.25, -0.2) is 19.9 Å². The van der Waals surface area contributed by atoms with E-state index in [2.05, 4.69) is 37.1 Å². The summed E-state index contributed by atoms with van der Waals surface area (Å²) in [7, 11) is 1.85. The summed E-state index contributed by atoms with van der Waals surface area (Å²) in [6.45, 7) is 4.10. The van der Waals surface area contributed by atoms with Crippen molar-refractivity contribution >= 4 is 5.95 Å². The predicted molar refractivity (Wildman–Crippen MR) is 94.6 cm³/mol. The second-order valence-electron chi connectivity index (χ2n) is 6.29. The molecule has 3 rings (SSSR count). The first-order valence-electron chi connectivity index (χ1n) is 8.84. The first-order valence-corrected chi connectivity index (χ1v) is 8.84. The molecule has 1 unspecified atom stereocenters. The van der Waals surface area contributed by atoms with E-state index in [0.717, 1.165) is 43.9 Å². The van der Waals surface area contributed by atoms with Crippen molar-refractivity contribution < 1.29 is 0 Å². The minimum atomic E-state index is 0.337. The van der Waals surface area contributed by atoms with Gasteiger partial charge < -0.3 is 5.32 Å². The molecule has 24 heavy (non-hydrogen) atoms. The minimum Gasteiger partial charge on any atom is -0.357 e. The number of aryl methyl sites for hydroxylation is 1. The highest BCUT2D eigenvalue weighted by molar-refractivity contribution is 5.25. The molecule has 0 spiro atoms. The van der Waals surface area contributed by atoms with Crippen molar-refractivity contribution in [3.63, 3.8) is 0 Å². The number of nitrogens with zero attached hydrogens (tertiary/aromatic N) is 5. The molecule has 6 nitrogen and oxygen atoms in total. The topological polar surface area (TPSA) is 66.8 Å². The number of rotatable bonds is 6.